The third kappa shape index (κ3) is 64.8. The van der Waals surface area contributed by atoms with Crippen LogP contribution in [0.25, 0.3) is 0 Å². The number of carbonyl (C=O) groups is 4. The molecule has 0 heterocycles. The molecule has 0 rings (SSSR count). The topological polar surface area (TPSA) is 237 Å². The zero-order chi connectivity index (χ0) is 66.1. The lowest BCUT2D eigenvalue weighted by molar-refractivity contribution is -0.161. The highest BCUT2D eigenvalue weighted by atomic mass is 31.2. The first-order valence-electron chi connectivity index (χ1n) is 37.3. The van der Waals surface area contributed by atoms with Gasteiger partial charge in [-0.25, -0.2) is 9.13 Å². The van der Waals surface area contributed by atoms with E-state index in [1.54, 1.807) is 0 Å². The average molecular weight is 1330 g/mol. The van der Waals surface area contributed by atoms with Gasteiger partial charge in [-0.1, -0.05) is 323 Å². The number of carbonyl (C=O) groups excluding carboxylic acids is 4. The van der Waals surface area contributed by atoms with Crippen LogP contribution in [0.4, 0.5) is 0 Å². The lowest BCUT2D eigenvalue weighted by Gasteiger charge is -2.21. The Labute approximate surface area is 549 Å². The number of phosphoric ester groups is 2. The Morgan fingerprint density at radius 1 is 0.267 bits per heavy atom. The second kappa shape index (κ2) is 65.7. The number of hydrogen-bond donors (Lipinski definition) is 3. The van der Waals surface area contributed by atoms with Gasteiger partial charge in [0.25, 0.3) is 0 Å². The van der Waals surface area contributed by atoms with Gasteiger partial charge in [0.1, 0.15) is 19.3 Å². The largest absolute Gasteiger partial charge is 0.472 e. The predicted molar refractivity (Wildman–Crippen MR) is 363 cm³/mol. The fourth-order valence-corrected chi connectivity index (χ4v) is 12.4. The summed E-state index contributed by atoms with van der Waals surface area (Å²) in [5.41, 5.74) is 0. The Hall–Kier alpha value is -1.94. The van der Waals surface area contributed by atoms with Gasteiger partial charge in [-0.05, 0) is 25.7 Å². The molecule has 0 aromatic heterocycles. The lowest BCUT2D eigenvalue weighted by Crippen LogP contribution is -2.30. The van der Waals surface area contributed by atoms with Crippen molar-refractivity contribution in [3.8, 4) is 0 Å². The van der Waals surface area contributed by atoms with Crippen LogP contribution in [0.15, 0.2) is 0 Å². The van der Waals surface area contributed by atoms with Crippen molar-refractivity contribution >= 4 is 39.5 Å². The molecule has 0 aliphatic carbocycles. The van der Waals surface area contributed by atoms with Crippen LogP contribution in [0.5, 0.6) is 0 Å². The highest BCUT2D eigenvalue weighted by Crippen LogP contribution is 2.45. The number of ether oxygens (including phenoxy) is 4. The van der Waals surface area contributed by atoms with E-state index in [4.69, 9.17) is 37.0 Å². The highest BCUT2D eigenvalue weighted by Gasteiger charge is 2.30. The summed E-state index contributed by atoms with van der Waals surface area (Å²) in [4.78, 5) is 72.3. The predicted octanol–water partition coefficient (Wildman–Crippen LogP) is 20.7. The molecule has 0 aliphatic heterocycles. The van der Waals surface area contributed by atoms with Crippen molar-refractivity contribution < 1.29 is 80.2 Å². The third-order valence-electron chi connectivity index (χ3n) is 16.6. The van der Waals surface area contributed by atoms with Crippen molar-refractivity contribution in [3.05, 3.63) is 0 Å². The van der Waals surface area contributed by atoms with E-state index in [1.165, 1.54) is 199 Å². The van der Waals surface area contributed by atoms with E-state index in [2.05, 4.69) is 27.7 Å². The Morgan fingerprint density at radius 3 is 0.656 bits per heavy atom. The van der Waals surface area contributed by atoms with E-state index in [1.807, 2.05) is 0 Å². The Kier molecular flexibility index (Phi) is 64.3. The number of unbranched alkanes of at least 4 members (excludes halogenated alkanes) is 46. The molecule has 3 N–H and O–H groups in total. The van der Waals surface area contributed by atoms with Gasteiger partial charge in [0.15, 0.2) is 12.2 Å². The minimum atomic E-state index is -4.95. The van der Waals surface area contributed by atoms with Gasteiger partial charge in [-0.2, -0.15) is 0 Å². The number of aliphatic hydroxyl groups is 1. The summed E-state index contributed by atoms with van der Waals surface area (Å²) in [5, 5.41) is 10.6. The number of phosphoric acid groups is 2. The average Bonchev–Trinajstić information content (AvgIpc) is 3.67. The maximum atomic E-state index is 13.0. The van der Waals surface area contributed by atoms with Crippen molar-refractivity contribution in [1.82, 2.24) is 0 Å². The molecule has 534 valence electrons. The normalized spacial score (nSPS) is 14.0. The molecule has 0 amide bonds. The molecule has 0 fully saturated rings. The van der Waals surface area contributed by atoms with Gasteiger partial charge in [0.05, 0.1) is 26.4 Å². The summed E-state index contributed by atoms with van der Waals surface area (Å²) in [6, 6.07) is 0. The smallest absolute Gasteiger partial charge is 0.462 e. The van der Waals surface area contributed by atoms with Crippen LogP contribution in [-0.2, 0) is 65.4 Å². The van der Waals surface area contributed by atoms with E-state index in [0.717, 1.165) is 96.3 Å². The molecule has 90 heavy (non-hydrogen) atoms. The van der Waals surface area contributed by atoms with Gasteiger partial charge in [0, 0.05) is 25.7 Å². The maximum Gasteiger partial charge on any atom is 0.472 e. The molecule has 0 saturated heterocycles. The van der Waals surface area contributed by atoms with E-state index in [-0.39, 0.29) is 25.7 Å². The van der Waals surface area contributed by atoms with Crippen LogP contribution in [0.2, 0.25) is 0 Å². The SMILES string of the molecule is CCCCCCCCCCCCCCCCCCCCC(=O)O[C@H](COC(=O)CCCCCCCCCCCCCCCCCCC)COP(=O)(O)OC[C@@H](O)COP(=O)(O)OC[C@@H](COC(=O)CCCCCCC)OC(=O)CCCCCCCCCCCC. The summed E-state index contributed by atoms with van der Waals surface area (Å²) < 4.78 is 68.1. The van der Waals surface area contributed by atoms with Crippen molar-refractivity contribution in [1.29, 1.82) is 0 Å². The van der Waals surface area contributed by atoms with Crippen LogP contribution >= 0.6 is 15.6 Å². The summed E-state index contributed by atoms with van der Waals surface area (Å²) in [6.45, 7) is 4.86. The van der Waals surface area contributed by atoms with Gasteiger partial charge in [-0.15, -0.1) is 0 Å². The Balaban J connectivity index is 5.13. The third-order valence-corrected chi connectivity index (χ3v) is 18.5. The molecule has 5 atom stereocenters. The minimum absolute atomic E-state index is 0.106. The number of esters is 4. The lowest BCUT2D eigenvalue weighted by atomic mass is 10.0. The number of hydrogen-bond acceptors (Lipinski definition) is 15. The second-order valence-corrected chi connectivity index (χ2v) is 28.5. The highest BCUT2D eigenvalue weighted by molar-refractivity contribution is 7.47. The van der Waals surface area contributed by atoms with Gasteiger partial charge >= 0.3 is 39.5 Å². The monoisotopic (exact) mass is 1320 g/mol. The molecule has 2 unspecified atom stereocenters. The molecule has 19 heteroatoms. The molecular weight excluding hydrogens is 1190 g/mol. The van der Waals surface area contributed by atoms with Crippen molar-refractivity contribution in [3.63, 3.8) is 0 Å². The molecular formula is C71H138O17P2. The second-order valence-electron chi connectivity index (χ2n) is 25.6. The molecule has 17 nitrogen and oxygen atoms in total. The summed E-state index contributed by atoms with van der Waals surface area (Å²) in [6.07, 6.45) is 54.5. The molecule has 0 aromatic carbocycles. The maximum absolute atomic E-state index is 13.0. The molecule has 0 spiro atoms. The van der Waals surface area contributed by atoms with E-state index < -0.39 is 97.5 Å². The Morgan fingerprint density at radius 2 is 0.444 bits per heavy atom. The zero-order valence-electron chi connectivity index (χ0n) is 58.1. The number of aliphatic hydroxyl groups excluding tert-OH is 1. The van der Waals surface area contributed by atoms with E-state index >= 15 is 0 Å². The minimum Gasteiger partial charge on any atom is -0.462 e. The number of rotatable bonds is 72. The standard InChI is InChI=1S/C71H138O17P2/c1-5-9-13-17-20-23-26-28-30-32-34-36-38-40-43-46-50-54-58-71(76)88-67(62-82-69(74)56-52-48-44-42-39-37-35-33-31-29-27-24-21-18-14-10-6-2)64-86-90(79,80)84-60-65(72)59-83-89(77,78)85-63-66(61-81-68(73)55-51-47-16-12-8-4)87-70(75)57-53-49-45-41-25-22-19-15-11-7-3/h65-67,72H,5-64H2,1-4H3,(H,77,78)(H,79,80)/t65-,66+,67+/m0/s1. The summed E-state index contributed by atoms with van der Waals surface area (Å²) >= 11 is 0. The zero-order valence-corrected chi connectivity index (χ0v) is 59.9. The molecule has 0 bridgehead atoms. The van der Waals surface area contributed by atoms with Crippen molar-refractivity contribution in [2.75, 3.05) is 39.6 Å². The quantitative estimate of drug-likeness (QED) is 0.0222. The fourth-order valence-electron chi connectivity index (χ4n) is 10.9. The van der Waals surface area contributed by atoms with Gasteiger partial charge < -0.3 is 33.8 Å². The van der Waals surface area contributed by atoms with Gasteiger partial charge in [-0.3, -0.25) is 37.3 Å². The van der Waals surface area contributed by atoms with Crippen LogP contribution in [0.3, 0.4) is 0 Å². The molecule has 0 saturated carbocycles. The van der Waals surface area contributed by atoms with E-state index in [9.17, 15) is 43.2 Å². The molecule has 0 aromatic rings. The first kappa shape index (κ1) is 88.1. The summed E-state index contributed by atoms with van der Waals surface area (Å²) in [5.74, 6) is -2.13. The molecule has 0 radical (unpaired) electrons. The van der Waals surface area contributed by atoms with Crippen LogP contribution in [-0.4, -0.2) is 96.7 Å². The first-order chi connectivity index (χ1) is 43.7. The summed E-state index contributed by atoms with van der Waals surface area (Å²) in [7, 11) is -9.89. The van der Waals surface area contributed by atoms with Crippen molar-refractivity contribution in [2.45, 2.75) is 393 Å². The molecule has 0 aliphatic rings. The van der Waals surface area contributed by atoms with E-state index in [0.29, 0.717) is 25.7 Å². The first-order valence-corrected chi connectivity index (χ1v) is 40.3. The fraction of sp³-hybridized carbons (Fsp3) is 0.944. The van der Waals surface area contributed by atoms with Crippen LogP contribution < -0.4 is 0 Å². The van der Waals surface area contributed by atoms with Gasteiger partial charge in [0.2, 0.25) is 0 Å². The van der Waals surface area contributed by atoms with Crippen LogP contribution in [0.1, 0.15) is 374 Å². The van der Waals surface area contributed by atoms with Crippen molar-refractivity contribution in [2.24, 2.45) is 0 Å². The Bertz CT molecular complexity index is 1720. The van der Waals surface area contributed by atoms with Crippen LogP contribution in [0, 0.1) is 0 Å².